The lowest BCUT2D eigenvalue weighted by molar-refractivity contribution is -0.132. The van der Waals surface area contributed by atoms with Crippen LogP contribution in [0.1, 0.15) is 25.0 Å². The Labute approximate surface area is 107 Å². The maximum atomic E-state index is 10.8. The summed E-state index contributed by atoms with van der Waals surface area (Å²) in [6.07, 6.45) is 0.948. The Morgan fingerprint density at radius 3 is 2.72 bits per heavy atom. The smallest absolute Gasteiger partial charge is 0.240 e. The van der Waals surface area contributed by atoms with Crippen LogP contribution in [0.25, 0.3) is 10.8 Å². The van der Waals surface area contributed by atoms with E-state index in [0.29, 0.717) is 6.61 Å². The van der Waals surface area contributed by atoms with Crippen LogP contribution in [0, 0.1) is 0 Å². The van der Waals surface area contributed by atoms with Gasteiger partial charge in [-0.15, -0.1) is 0 Å². The maximum Gasteiger partial charge on any atom is 0.240 e. The summed E-state index contributed by atoms with van der Waals surface area (Å²) in [6, 6.07) is 12.4. The molecule has 1 N–H and O–H groups in total. The largest absolute Gasteiger partial charge is 0.273 e. The first-order valence-corrected chi connectivity index (χ1v) is 6.10. The van der Waals surface area contributed by atoms with E-state index in [1.54, 1.807) is 0 Å². The minimum atomic E-state index is -0.187. The average molecular weight is 243 g/mol. The molecule has 3 heteroatoms. The second-order valence-corrected chi connectivity index (χ2v) is 4.22. The number of hydrogen-bond acceptors (Lipinski definition) is 2. The minimum absolute atomic E-state index is 0.187. The Balaban J connectivity index is 2.35. The van der Waals surface area contributed by atoms with E-state index in [1.807, 2.05) is 12.1 Å². The summed E-state index contributed by atoms with van der Waals surface area (Å²) in [5, 5.41) is 2.37. The number of fused-ring (bicyclic) bond motifs is 1. The van der Waals surface area contributed by atoms with E-state index >= 15 is 0 Å². The minimum Gasteiger partial charge on any atom is -0.273 e. The second kappa shape index (κ2) is 5.65. The number of amides is 1. The SMILES string of the molecule is CCc1ccc2ccccc2c1CONC(C)=O. The van der Waals surface area contributed by atoms with Crippen LogP contribution in [0.5, 0.6) is 0 Å². The molecule has 0 aliphatic heterocycles. The number of benzene rings is 2. The summed E-state index contributed by atoms with van der Waals surface area (Å²) >= 11 is 0. The lowest BCUT2D eigenvalue weighted by atomic mass is 9.98. The molecule has 0 aromatic heterocycles. The Morgan fingerprint density at radius 1 is 1.22 bits per heavy atom. The normalized spacial score (nSPS) is 10.6. The van der Waals surface area contributed by atoms with Crippen molar-refractivity contribution in [3.05, 3.63) is 47.5 Å². The molecule has 0 bridgehead atoms. The zero-order valence-electron chi connectivity index (χ0n) is 10.7. The highest BCUT2D eigenvalue weighted by Gasteiger charge is 2.06. The molecule has 2 rings (SSSR count). The first-order chi connectivity index (χ1) is 8.72. The zero-order valence-corrected chi connectivity index (χ0v) is 10.7. The van der Waals surface area contributed by atoms with Gasteiger partial charge in [-0.25, -0.2) is 5.48 Å². The fourth-order valence-electron chi connectivity index (χ4n) is 2.09. The van der Waals surface area contributed by atoms with E-state index in [4.69, 9.17) is 4.84 Å². The van der Waals surface area contributed by atoms with Crippen LogP contribution in [-0.4, -0.2) is 5.91 Å². The third-order valence-electron chi connectivity index (χ3n) is 2.95. The Hall–Kier alpha value is -1.87. The van der Waals surface area contributed by atoms with Gasteiger partial charge in [0, 0.05) is 6.92 Å². The predicted octanol–water partition coefficient (Wildman–Crippen LogP) is 2.97. The number of carbonyl (C=O) groups is 1. The van der Waals surface area contributed by atoms with Crippen LogP contribution in [-0.2, 0) is 22.7 Å². The fourth-order valence-corrected chi connectivity index (χ4v) is 2.09. The number of hydrogen-bond donors (Lipinski definition) is 1. The van der Waals surface area contributed by atoms with E-state index in [-0.39, 0.29) is 5.91 Å². The Morgan fingerprint density at radius 2 is 2.00 bits per heavy atom. The van der Waals surface area contributed by atoms with Crippen molar-refractivity contribution in [2.45, 2.75) is 26.9 Å². The first kappa shape index (κ1) is 12.6. The molecule has 2 aromatic rings. The van der Waals surface area contributed by atoms with Gasteiger partial charge in [0.25, 0.3) is 0 Å². The van der Waals surface area contributed by atoms with Gasteiger partial charge in [-0.05, 0) is 28.3 Å². The molecule has 2 aromatic carbocycles. The average Bonchev–Trinajstić information content (AvgIpc) is 2.38. The third-order valence-corrected chi connectivity index (χ3v) is 2.95. The molecule has 0 atom stereocenters. The lowest BCUT2D eigenvalue weighted by Gasteiger charge is -2.12. The van der Waals surface area contributed by atoms with Crippen LogP contribution in [0.15, 0.2) is 36.4 Å². The summed E-state index contributed by atoms with van der Waals surface area (Å²) in [6.45, 7) is 3.94. The van der Waals surface area contributed by atoms with E-state index in [9.17, 15) is 4.79 Å². The highest BCUT2D eigenvalue weighted by Crippen LogP contribution is 2.23. The topological polar surface area (TPSA) is 38.3 Å². The molecular weight excluding hydrogens is 226 g/mol. The number of carbonyl (C=O) groups excluding carboxylic acids is 1. The molecule has 18 heavy (non-hydrogen) atoms. The number of aryl methyl sites for hydroxylation is 1. The highest BCUT2D eigenvalue weighted by atomic mass is 16.6. The van der Waals surface area contributed by atoms with Crippen molar-refractivity contribution in [1.29, 1.82) is 0 Å². The number of nitrogens with one attached hydrogen (secondary N) is 1. The summed E-state index contributed by atoms with van der Waals surface area (Å²) in [5.74, 6) is -0.187. The molecule has 0 fully saturated rings. The predicted molar refractivity (Wildman–Crippen MR) is 71.9 cm³/mol. The van der Waals surface area contributed by atoms with Crippen molar-refractivity contribution in [2.24, 2.45) is 0 Å². The van der Waals surface area contributed by atoms with Gasteiger partial charge in [-0.1, -0.05) is 43.3 Å². The molecule has 0 unspecified atom stereocenters. The lowest BCUT2D eigenvalue weighted by Crippen LogP contribution is -2.20. The molecule has 1 amide bonds. The van der Waals surface area contributed by atoms with Crippen molar-refractivity contribution < 1.29 is 9.63 Å². The summed E-state index contributed by atoms with van der Waals surface area (Å²) in [7, 11) is 0. The van der Waals surface area contributed by atoms with Crippen LogP contribution in [0.3, 0.4) is 0 Å². The third kappa shape index (κ3) is 2.68. The Bertz CT molecular complexity index is 563. The van der Waals surface area contributed by atoms with Gasteiger partial charge < -0.3 is 0 Å². The van der Waals surface area contributed by atoms with Gasteiger partial charge >= 0.3 is 0 Å². The van der Waals surface area contributed by atoms with Crippen LogP contribution in [0.4, 0.5) is 0 Å². The van der Waals surface area contributed by atoms with Gasteiger partial charge in [0.1, 0.15) is 6.61 Å². The van der Waals surface area contributed by atoms with Crippen LogP contribution in [0.2, 0.25) is 0 Å². The molecule has 0 radical (unpaired) electrons. The van der Waals surface area contributed by atoms with E-state index in [1.165, 1.54) is 23.3 Å². The molecule has 0 heterocycles. The van der Waals surface area contributed by atoms with E-state index in [2.05, 4.69) is 36.7 Å². The van der Waals surface area contributed by atoms with Crippen molar-refractivity contribution >= 4 is 16.7 Å². The molecule has 0 saturated heterocycles. The number of rotatable bonds is 4. The maximum absolute atomic E-state index is 10.8. The quantitative estimate of drug-likeness (QED) is 0.838. The van der Waals surface area contributed by atoms with Crippen molar-refractivity contribution in [3.8, 4) is 0 Å². The van der Waals surface area contributed by atoms with Gasteiger partial charge in [0.05, 0.1) is 0 Å². The van der Waals surface area contributed by atoms with Gasteiger partial charge in [0.2, 0.25) is 5.91 Å². The van der Waals surface area contributed by atoms with Crippen molar-refractivity contribution in [1.82, 2.24) is 5.48 Å². The monoisotopic (exact) mass is 243 g/mol. The van der Waals surface area contributed by atoms with E-state index < -0.39 is 0 Å². The molecule has 0 saturated carbocycles. The highest BCUT2D eigenvalue weighted by molar-refractivity contribution is 5.86. The summed E-state index contributed by atoms with van der Waals surface area (Å²) in [5.41, 5.74) is 4.76. The first-order valence-electron chi connectivity index (χ1n) is 6.10. The molecule has 0 spiro atoms. The standard InChI is InChI=1S/C15H17NO2/c1-3-12-8-9-13-6-4-5-7-14(13)15(12)10-18-16-11(2)17/h4-9H,3,10H2,1-2H3,(H,16,17). The van der Waals surface area contributed by atoms with Gasteiger partial charge in [-0.3, -0.25) is 9.63 Å². The van der Waals surface area contributed by atoms with Crippen molar-refractivity contribution in [2.75, 3.05) is 0 Å². The second-order valence-electron chi connectivity index (χ2n) is 4.22. The molecular formula is C15H17NO2. The molecule has 3 nitrogen and oxygen atoms in total. The van der Waals surface area contributed by atoms with Gasteiger partial charge in [0.15, 0.2) is 0 Å². The summed E-state index contributed by atoms with van der Waals surface area (Å²) < 4.78 is 0. The Kier molecular flexibility index (Phi) is 3.95. The van der Waals surface area contributed by atoms with Crippen LogP contribution < -0.4 is 5.48 Å². The van der Waals surface area contributed by atoms with Gasteiger partial charge in [-0.2, -0.15) is 0 Å². The van der Waals surface area contributed by atoms with E-state index in [0.717, 1.165) is 12.0 Å². The zero-order chi connectivity index (χ0) is 13.0. The van der Waals surface area contributed by atoms with Crippen molar-refractivity contribution in [3.63, 3.8) is 0 Å². The van der Waals surface area contributed by atoms with Crippen LogP contribution >= 0.6 is 0 Å². The fraction of sp³-hybridized carbons (Fsp3) is 0.267. The summed E-state index contributed by atoms with van der Waals surface area (Å²) in [4.78, 5) is 16.0. The molecule has 0 aliphatic rings. The molecule has 0 aliphatic carbocycles. The number of hydroxylamine groups is 1. The molecule has 94 valence electrons.